The van der Waals surface area contributed by atoms with E-state index in [1.807, 2.05) is 36.7 Å². The summed E-state index contributed by atoms with van der Waals surface area (Å²) in [4.78, 5) is 2.96. The number of hydrogen-bond acceptors (Lipinski definition) is 2. The molecule has 0 unspecified atom stereocenters. The van der Waals surface area contributed by atoms with Gasteiger partial charge in [-0.05, 0) is 17.7 Å². The fourth-order valence-electron chi connectivity index (χ4n) is 0.930. The van der Waals surface area contributed by atoms with Crippen LogP contribution in [0.1, 0.15) is 11.3 Å². The van der Waals surface area contributed by atoms with E-state index in [1.54, 1.807) is 6.26 Å². The summed E-state index contributed by atoms with van der Waals surface area (Å²) in [5.74, 6) is 0. The topological polar surface area (TPSA) is 41.8 Å². The van der Waals surface area contributed by atoms with Gasteiger partial charge in [-0.3, -0.25) is 0 Å². The van der Waals surface area contributed by atoms with Crippen LogP contribution in [0.3, 0.4) is 0 Å². The Morgan fingerprint density at radius 1 is 1.33 bits per heavy atom. The first-order valence-corrected chi connectivity index (χ1v) is 3.66. The van der Waals surface area contributed by atoms with E-state index in [9.17, 15) is 0 Å². The molecule has 0 fully saturated rings. The van der Waals surface area contributed by atoms with E-state index in [0.717, 1.165) is 11.3 Å². The summed E-state index contributed by atoms with van der Waals surface area (Å²) in [5, 5.41) is 3.74. The second kappa shape index (κ2) is 3.09. The van der Waals surface area contributed by atoms with Gasteiger partial charge in [0, 0.05) is 18.5 Å². The summed E-state index contributed by atoms with van der Waals surface area (Å²) in [6.45, 7) is 0. The molecule has 60 valence electrons. The number of rotatable bonds is 2. The molecule has 2 heterocycles. The van der Waals surface area contributed by atoms with Crippen molar-refractivity contribution in [3.05, 3.63) is 42.0 Å². The minimum absolute atomic E-state index is 0.830. The second-order valence-electron chi connectivity index (χ2n) is 2.40. The van der Waals surface area contributed by atoms with Crippen LogP contribution < -0.4 is 0 Å². The Morgan fingerprint density at radius 3 is 3.00 bits per heavy atom. The zero-order valence-electron chi connectivity index (χ0n) is 6.40. The Hall–Kier alpha value is -1.77. The molecule has 2 aromatic heterocycles. The fraction of sp³-hybridized carbons (Fsp3) is 0. The molecule has 2 rings (SSSR count). The van der Waals surface area contributed by atoms with Gasteiger partial charge in [-0.15, -0.1) is 0 Å². The van der Waals surface area contributed by atoms with Crippen LogP contribution in [0.4, 0.5) is 0 Å². The molecular weight excluding hydrogens is 152 g/mol. The molecule has 0 radical (unpaired) electrons. The standard InChI is InChI=1S/C9H8N2O/c1(8-3-5-10-7-8)2-9-4-6-12-11-9/h1-7,10H/b2-1+. The molecule has 0 aromatic carbocycles. The Morgan fingerprint density at radius 2 is 2.33 bits per heavy atom. The highest BCUT2D eigenvalue weighted by atomic mass is 16.5. The van der Waals surface area contributed by atoms with Gasteiger partial charge in [-0.1, -0.05) is 11.2 Å². The SMILES string of the molecule is C(=C\c1ccon1)/c1cc[nH]c1. The zero-order valence-corrected chi connectivity index (χ0v) is 6.40. The lowest BCUT2D eigenvalue weighted by Gasteiger charge is -1.80. The molecule has 12 heavy (non-hydrogen) atoms. The molecule has 1 N–H and O–H groups in total. The maximum Gasteiger partial charge on any atom is 0.124 e. The van der Waals surface area contributed by atoms with Gasteiger partial charge in [0.25, 0.3) is 0 Å². The third kappa shape index (κ3) is 1.45. The van der Waals surface area contributed by atoms with Gasteiger partial charge in [0.15, 0.2) is 0 Å². The van der Waals surface area contributed by atoms with Gasteiger partial charge in [0.2, 0.25) is 0 Å². The van der Waals surface area contributed by atoms with Crippen molar-refractivity contribution in [1.29, 1.82) is 0 Å². The van der Waals surface area contributed by atoms with Crippen molar-refractivity contribution in [2.24, 2.45) is 0 Å². The molecule has 0 atom stereocenters. The summed E-state index contributed by atoms with van der Waals surface area (Å²) >= 11 is 0. The predicted octanol–water partition coefficient (Wildman–Crippen LogP) is 2.17. The van der Waals surface area contributed by atoms with E-state index in [4.69, 9.17) is 0 Å². The normalized spacial score (nSPS) is 11.0. The number of aromatic nitrogens is 2. The summed E-state index contributed by atoms with van der Waals surface area (Å²) in [6.07, 6.45) is 9.21. The number of hydrogen-bond donors (Lipinski definition) is 1. The molecule has 0 saturated carbocycles. The summed E-state index contributed by atoms with van der Waals surface area (Å²) in [6, 6.07) is 3.79. The minimum Gasteiger partial charge on any atom is -0.367 e. The molecule has 3 heteroatoms. The van der Waals surface area contributed by atoms with E-state index in [-0.39, 0.29) is 0 Å². The van der Waals surface area contributed by atoms with Gasteiger partial charge in [-0.2, -0.15) is 0 Å². The van der Waals surface area contributed by atoms with Crippen molar-refractivity contribution >= 4 is 12.2 Å². The van der Waals surface area contributed by atoms with Crippen LogP contribution in [-0.2, 0) is 0 Å². The molecule has 0 aliphatic carbocycles. The Balaban J connectivity index is 2.14. The van der Waals surface area contributed by atoms with Crippen molar-refractivity contribution in [2.75, 3.05) is 0 Å². The van der Waals surface area contributed by atoms with Crippen molar-refractivity contribution < 1.29 is 4.52 Å². The second-order valence-corrected chi connectivity index (χ2v) is 2.40. The highest BCUT2D eigenvalue weighted by Gasteiger charge is 1.88. The van der Waals surface area contributed by atoms with Crippen LogP contribution in [0.15, 0.2) is 35.3 Å². The molecule has 0 spiro atoms. The zero-order chi connectivity index (χ0) is 8.23. The van der Waals surface area contributed by atoms with Crippen LogP contribution in [-0.4, -0.2) is 10.1 Å². The van der Waals surface area contributed by atoms with Crippen molar-refractivity contribution in [2.45, 2.75) is 0 Å². The Bertz CT molecular complexity index is 310. The number of aromatic amines is 1. The molecule has 0 amide bonds. The first kappa shape index (κ1) is 6.91. The van der Waals surface area contributed by atoms with Crippen LogP contribution in [0.5, 0.6) is 0 Å². The van der Waals surface area contributed by atoms with Crippen LogP contribution >= 0.6 is 0 Å². The van der Waals surface area contributed by atoms with E-state index in [0.29, 0.717) is 0 Å². The summed E-state index contributed by atoms with van der Waals surface area (Å²) in [7, 11) is 0. The van der Waals surface area contributed by atoms with Gasteiger partial charge >= 0.3 is 0 Å². The molecule has 3 nitrogen and oxygen atoms in total. The molecule has 0 bridgehead atoms. The predicted molar refractivity (Wildman–Crippen MR) is 46.2 cm³/mol. The van der Waals surface area contributed by atoms with Crippen molar-refractivity contribution in [3.8, 4) is 0 Å². The number of H-pyrrole nitrogens is 1. The molecule has 0 aliphatic heterocycles. The van der Waals surface area contributed by atoms with Gasteiger partial charge < -0.3 is 9.51 Å². The fourth-order valence-corrected chi connectivity index (χ4v) is 0.930. The van der Waals surface area contributed by atoms with Crippen molar-refractivity contribution in [3.63, 3.8) is 0 Å². The average Bonchev–Trinajstić information content (AvgIpc) is 2.74. The summed E-state index contributed by atoms with van der Waals surface area (Å²) in [5.41, 5.74) is 1.95. The average molecular weight is 160 g/mol. The van der Waals surface area contributed by atoms with Gasteiger partial charge in [0.1, 0.15) is 12.0 Å². The first-order chi connectivity index (χ1) is 5.95. The van der Waals surface area contributed by atoms with Crippen LogP contribution in [0.25, 0.3) is 12.2 Å². The Labute approximate surface area is 69.7 Å². The molecule has 0 aliphatic rings. The molecular formula is C9H8N2O. The third-order valence-corrected chi connectivity index (χ3v) is 1.53. The highest BCUT2D eigenvalue weighted by Crippen LogP contribution is 2.04. The molecule has 0 saturated heterocycles. The van der Waals surface area contributed by atoms with Crippen LogP contribution in [0.2, 0.25) is 0 Å². The number of nitrogens with zero attached hydrogens (tertiary/aromatic N) is 1. The van der Waals surface area contributed by atoms with E-state index < -0.39 is 0 Å². The lowest BCUT2D eigenvalue weighted by molar-refractivity contribution is 0.418. The summed E-state index contributed by atoms with van der Waals surface area (Å²) < 4.78 is 4.68. The minimum atomic E-state index is 0.830. The number of nitrogens with one attached hydrogen (secondary N) is 1. The van der Waals surface area contributed by atoms with Gasteiger partial charge in [0.05, 0.1) is 0 Å². The quantitative estimate of drug-likeness (QED) is 0.731. The third-order valence-electron chi connectivity index (χ3n) is 1.53. The lowest BCUT2D eigenvalue weighted by atomic mass is 10.3. The lowest BCUT2D eigenvalue weighted by Crippen LogP contribution is -1.66. The monoisotopic (exact) mass is 160 g/mol. The molecule has 2 aromatic rings. The smallest absolute Gasteiger partial charge is 0.124 e. The van der Waals surface area contributed by atoms with Crippen molar-refractivity contribution in [1.82, 2.24) is 10.1 Å². The maximum absolute atomic E-state index is 4.68. The van der Waals surface area contributed by atoms with E-state index in [1.165, 1.54) is 0 Å². The largest absolute Gasteiger partial charge is 0.367 e. The first-order valence-electron chi connectivity index (χ1n) is 3.66. The van der Waals surface area contributed by atoms with Crippen LogP contribution in [0, 0.1) is 0 Å². The highest BCUT2D eigenvalue weighted by molar-refractivity contribution is 5.67. The Kier molecular flexibility index (Phi) is 1.78. The van der Waals surface area contributed by atoms with Gasteiger partial charge in [-0.25, -0.2) is 0 Å². The maximum atomic E-state index is 4.68. The van der Waals surface area contributed by atoms with E-state index >= 15 is 0 Å². The van der Waals surface area contributed by atoms with E-state index in [2.05, 4.69) is 14.7 Å².